The number of alkyl carbamates (subject to hydrolysis) is 1. The van der Waals surface area contributed by atoms with Crippen LogP contribution in [0.5, 0.6) is 0 Å². The molecule has 0 saturated carbocycles. The number of rotatable bonds is 18. The van der Waals surface area contributed by atoms with E-state index in [9.17, 15) is 24.0 Å². The molecule has 12 nitrogen and oxygen atoms in total. The molecular formula is C31H47N5O7. The van der Waals surface area contributed by atoms with E-state index in [1.807, 2.05) is 44.2 Å². The monoisotopic (exact) mass is 601 g/mol. The van der Waals surface area contributed by atoms with Crippen LogP contribution in [0.2, 0.25) is 0 Å². The first kappa shape index (κ1) is 35.3. The third kappa shape index (κ3) is 13.7. The largest absolute Gasteiger partial charge is 0.463 e. The Morgan fingerprint density at radius 2 is 1.74 bits per heavy atom. The van der Waals surface area contributed by atoms with Crippen molar-refractivity contribution in [3.63, 3.8) is 0 Å². The lowest BCUT2D eigenvalue weighted by Crippen LogP contribution is -2.55. The maximum absolute atomic E-state index is 13.5. The van der Waals surface area contributed by atoms with Crippen LogP contribution in [-0.4, -0.2) is 67.6 Å². The first-order valence-corrected chi connectivity index (χ1v) is 15.0. The average molecular weight is 602 g/mol. The molecule has 238 valence electrons. The Morgan fingerprint density at radius 1 is 1.02 bits per heavy atom. The summed E-state index contributed by atoms with van der Waals surface area (Å²) >= 11 is 0. The van der Waals surface area contributed by atoms with E-state index in [4.69, 9.17) is 15.2 Å². The van der Waals surface area contributed by atoms with Crippen molar-refractivity contribution < 1.29 is 33.4 Å². The van der Waals surface area contributed by atoms with Crippen LogP contribution in [-0.2, 0) is 35.3 Å². The number of ether oxygens (including phenoxy) is 2. The predicted octanol–water partition coefficient (Wildman–Crippen LogP) is 2.07. The number of hydrogen-bond acceptors (Lipinski definition) is 8. The molecule has 0 radical (unpaired) electrons. The van der Waals surface area contributed by atoms with Gasteiger partial charge in [-0.25, -0.2) is 9.59 Å². The highest BCUT2D eigenvalue weighted by atomic mass is 16.5. The zero-order valence-electron chi connectivity index (χ0n) is 25.4. The fourth-order valence-electron chi connectivity index (χ4n) is 4.67. The van der Waals surface area contributed by atoms with Gasteiger partial charge in [-0.15, -0.1) is 0 Å². The van der Waals surface area contributed by atoms with Crippen molar-refractivity contribution in [2.24, 2.45) is 17.6 Å². The molecular weight excluding hydrogens is 554 g/mol. The van der Waals surface area contributed by atoms with Gasteiger partial charge in [0.05, 0.1) is 6.61 Å². The molecule has 1 aliphatic rings. The third-order valence-corrected chi connectivity index (χ3v) is 6.89. The zero-order valence-corrected chi connectivity index (χ0v) is 25.4. The van der Waals surface area contributed by atoms with Crippen LogP contribution in [0.25, 0.3) is 0 Å². The maximum atomic E-state index is 13.5. The summed E-state index contributed by atoms with van der Waals surface area (Å²) in [5, 5.41) is 11.1. The van der Waals surface area contributed by atoms with Crippen LogP contribution < -0.4 is 27.0 Å². The minimum absolute atomic E-state index is 0.0436. The first-order chi connectivity index (χ1) is 20.6. The molecule has 1 fully saturated rings. The van der Waals surface area contributed by atoms with Gasteiger partial charge in [-0.3, -0.25) is 14.4 Å². The number of carbonyl (C=O) groups excluding carboxylic acids is 5. The highest BCUT2D eigenvalue weighted by Gasteiger charge is 2.31. The lowest BCUT2D eigenvalue weighted by atomic mass is 9.96. The molecule has 1 aliphatic heterocycles. The Kier molecular flexibility index (Phi) is 15.8. The molecule has 1 heterocycles. The van der Waals surface area contributed by atoms with E-state index in [1.54, 1.807) is 6.92 Å². The van der Waals surface area contributed by atoms with Crippen molar-refractivity contribution in [1.29, 1.82) is 0 Å². The molecule has 4 amide bonds. The number of nitrogens with one attached hydrogen (secondary N) is 4. The molecule has 1 saturated heterocycles. The van der Waals surface area contributed by atoms with Crippen molar-refractivity contribution in [2.75, 3.05) is 19.7 Å². The minimum Gasteiger partial charge on any atom is -0.463 e. The molecule has 2 rings (SSSR count). The standard InChI is InChI=1S/C31H47N5O7/c1-4-42-27(37)14-13-24(19-23-15-17-33-28(23)38)34-30(40)26(18-21(2)3)35-29(39)25(12-8-9-16-32)36-31(41)43-20-22-10-6-5-7-11-22/h5-7,10-11,13-14,21,23-26H,4,8-9,12,15-20,32H2,1-3H3,(H,33,38)(H,34,40)(H,35,39)(H,36,41)/b14-13+/t23?,24-,25?,26+/m1/s1. The second kappa shape index (κ2) is 19.3. The van der Waals surface area contributed by atoms with Gasteiger partial charge >= 0.3 is 12.1 Å². The van der Waals surface area contributed by atoms with Crippen LogP contribution >= 0.6 is 0 Å². The average Bonchev–Trinajstić information content (AvgIpc) is 3.38. The van der Waals surface area contributed by atoms with Crippen molar-refractivity contribution in [3.8, 4) is 0 Å². The molecule has 12 heteroatoms. The number of nitrogens with two attached hydrogens (primary N) is 1. The Bertz CT molecular complexity index is 1080. The predicted molar refractivity (Wildman–Crippen MR) is 161 cm³/mol. The highest BCUT2D eigenvalue weighted by molar-refractivity contribution is 5.91. The summed E-state index contributed by atoms with van der Waals surface area (Å²) < 4.78 is 10.3. The molecule has 0 aromatic heterocycles. The van der Waals surface area contributed by atoms with E-state index in [0.29, 0.717) is 45.2 Å². The molecule has 0 bridgehead atoms. The number of hydrogen-bond donors (Lipinski definition) is 5. The van der Waals surface area contributed by atoms with Crippen molar-refractivity contribution in [3.05, 3.63) is 48.0 Å². The summed E-state index contributed by atoms with van der Waals surface area (Å²) in [5.41, 5.74) is 6.43. The van der Waals surface area contributed by atoms with Gasteiger partial charge in [0.2, 0.25) is 17.7 Å². The van der Waals surface area contributed by atoms with Gasteiger partial charge in [-0.1, -0.05) is 50.3 Å². The Morgan fingerprint density at radius 3 is 2.37 bits per heavy atom. The van der Waals surface area contributed by atoms with Gasteiger partial charge in [-0.2, -0.15) is 0 Å². The van der Waals surface area contributed by atoms with Gasteiger partial charge in [0, 0.05) is 24.6 Å². The summed E-state index contributed by atoms with van der Waals surface area (Å²) in [5.74, 6) is -1.94. The summed E-state index contributed by atoms with van der Waals surface area (Å²) in [4.78, 5) is 63.7. The topological polar surface area (TPSA) is 178 Å². The van der Waals surface area contributed by atoms with E-state index < -0.39 is 42.0 Å². The van der Waals surface area contributed by atoms with E-state index in [0.717, 1.165) is 5.56 Å². The van der Waals surface area contributed by atoms with Gasteiger partial charge in [0.15, 0.2) is 0 Å². The third-order valence-electron chi connectivity index (χ3n) is 6.89. The molecule has 0 aliphatic carbocycles. The zero-order chi connectivity index (χ0) is 31.6. The SMILES string of the molecule is CCOC(=O)/C=C/[C@H](CC1CCNC1=O)NC(=O)[C@H](CC(C)C)NC(=O)C(CCCCN)NC(=O)OCc1ccccc1. The van der Waals surface area contributed by atoms with E-state index >= 15 is 0 Å². The van der Waals surface area contributed by atoms with Crippen LogP contribution in [0, 0.1) is 11.8 Å². The Hall–Kier alpha value is -3.93. The van der Waals surface area contributed by atoms with Crippen molar-refractivity contribution >= 4 is 29.8 Å². The maximum Gasteiger partial charge on any atom is 0.408 e. The highest BCUT2D eigenvalue weighted by Crippen LogP contribution is 2.17. The molecule has 2 unspecified atom stereocenters. The fourth-order valence-corrected chi connectivity index (χ4v) is 4.67. The molecule has 0 spiro atoms. The molecule has 4 atom stereocenters. The summed E-state index contributed by atoms with van der Waals surface area (Å²) in [7, 11) is 0. The van der Waals surface area contributed by atoms with Crippen LogP contribution in [0.15, 0.2) is 42.5 Å². The number of carbonyl (C=O) groups is 5. The van der Waals surface area contributed by atoms with Gasteiger partial charge < -0.3 is 36.5 Å². The second-order valence-electron chi connectivity index (χ2n) is 11.0. The molecule has 6 N–H and O–H groups in total. The van der Waals surface area contributed by atoms with Crippen LogP contribution in [0.3, 0.4) is 0 Å². The first-order valence-electron chi connectivity index (χ1n) is 15.0. The lowest BCUT2D eigenvalue weighted by Gasteiger charge is -2.26. The van der Waals surface area contributed by atoms with E-state index in [-0.39, 0.29) is 37.4 Å². The number of benzene rings is 1. The van der Waals surface area contributed by atoms with Gasteiger partial charge in [0.1, 0.15) is 18.7 Å². The molecule has 1 aromatic carbocycles. The summed E-state index contributed by atoms with van der Waals surface area (Å²) in [6.07, 6.45) is 4.76. The quantitative estimate of drug-likeness (QED) is 0.0964. The van der Waals surface area contributed by atoms with E-state index in [2.05, 4.69) is 21.3 Å². The molecule has 43 heavy (non-hydrogen) atoms. The Balaban J connectivity index is 2.13. The van der Waals surface area contributed by atoms with Gasteiger partial charge in [-0.05, 0) is 63.5 Å². The second-order valence-corrected chi connectivity index (χ2v) is 11.0. The smallest absolute Gasteiger partial charge is 0.408 e. The Labute approximate surface area is 253 Å². The van der Waals surface area contributed by atoms with Crippen molar-refractivity contribution in [2.45, 2.75) is 84.0 Å². The van der Waals surface area contributed by atoms with Crippen LogP contribution in [0.1, 0.15) is 64.9 Å². The van der Waals surface area contributed by atoms with Crippen molar-refractivity contribution in [1.82, 2.24) is 21.3 Å². The van der Waals surface area contributed by atoms with E-state index in [1.165, 1.54) is 12.2 Å². The summed E-state index contributed by atoms with van der Waals surface area (Å²) in [6, 6.07) is 6.64. The number of amides is 4. The number of unbranched alkanes of at least 4 members (excludes halogenated alkanes) is 1. The lowest BCUT2D eigenvalue weighted by molar-refractivity contribution is -0.137. The van der Waals surface area contributed by atoms with Crippen LogP contribution in [0.4, 0.5) is 4.79 Å². The number of esters is 1. The summed E-state index contributed by atoms with van der Waals surface area (Å²) in [6.45, 7) is 6.76. The van der Waals surface area contributed by atoms with Gasteiger partial charge in [0.25, 0.3) is 0 Å². The minimum atomic E-state index is -0.945. The molecule has 1 aromatic rings. The normalized spacial score (nSPS) is 16.7. The fraction of sp³-hybridized carbons (Fsp3) is 0.581.